The average molecular weight is 596 g/mol. The van der Waals surface area contributed by atoms with E-state index in [9.17, 15) is 0 Å². The summed E-state index contributed by atoms with van der Waals surface area (Å²) in [6.45, 7) is 3.83. The van der Waals surface area contributed by atoms with Crippen molar-refractivity contribution in [3.8, 4) is 55.6 Å². The first-order chi connectivity index (χ1) is 23.3. The number of rotatable bonds is 8. The maximum absolute atomic E-state index is 7.21. The van der Waals surface area contributed by atoms with Crippen molar-refractivity contribution in [3.05, 3.63) is 158 Å². The van der Waals surface area contributed by atoms with Gasteiger partial charge in [0.25, 0.3) is 0 Å². The zero-order chi connectivity index (χ0) is 33.8. The minimum Gasteiger partial charge on any atom is -0.0991 e. The van der Waals surface area contributed by atoms with Crippen LogP contribution in [0.2, 0.25) is 0 Å². The Labute approximate surface area is 292 Å². The fourth-order valence-corrected chi connectivity index (χ4v) is 6.33. The molecule has 0 N–H and O–H groups in total. The van der Waals surface area contributed by atoms with Crippen molar-refractivity contribution < 1.29 is 0 Å². The van der Waals surface area contributed by atoms with Crippen LogP contribution in [0.3, 0.4) is 0 Å². The highest BCUT2D eigenvalue weighted by atomic mass is 14.3. The second-order valence-corrected chi connectivity index (χ2v) is 11.4. The monoisotopic (exact) mass is 596 g/mol. The first kappa shape index (κ1) is 32.9. The van der Waals surface area contributed by atoms with Crippen LogP contribution < -0.4 is 27.3 Å². The molecule has 0 aromatic heterocycles. The lowest BCUT2D eigenvalue weighted by Gasteiger charge is -2.31. The molecule has 0 aliphatic heterocycles. The van der Waals surface area contributed by atoms with Crippen LogP contribution >= 0.6 is 0 Å². The molecule has 0 amide bonds. The molecule has 212 valence electrons. The molecule has 0 nitrogen and oxygen atoms in total. The molecule has 6 rings (SSSR count). The van der Waals surface area contributed by atoms with E-state index in [1.54, 1.807) is 6.08 Å². The van der Waals surface area contributed by atoms with Crippen LogP contribution in [0.4, 0.5) is 0 Å². The van der Waals surface area contributed by atoms with Crippen LogP contribution in [0, 0.1) is 0 Å². The Morgan fingerprint density at radius 2 is 0.667 bits per heavy atom. The summed E-state index contributed by atoms with van der Waals surface area (Å²) in [5.41, 5.74) is 11.9. The van der Waals surface area contributed by atoms with Crippen molar-refractivity contribution in [1.82, 2.24) is 0 Å². The highest BCUT2D eigenvalue weighted by Gasteiger charge is 2.30. The molecule has 0 bridgehead atoms. The standard InChI is InChI=1S/C42H26B6/c1-2-3-4-25-36(48)42-40(29-18-8-13-23-34(29)46)38(27-16-6-11-21-32(27)44)37(26-15-5-10-20-31(26)43)39(28-17-7-12-22-33(28)45)41(42)30-19-9-14-24-35(30)47/h2-25H,1H2/b4-3-,36-25-. The van der Waals surface area contributed by atoms with Crippen LogP contribution in [0.1, 0.15) is 5.56 Å². The van der Waals surface area contributed by atoms with Gasteiger partial charge in [-0.25, -0.2) is 0 Å². The van der Waals surface area contributed by atoms with Gasteiger partial charge in [-0.3, -0.25) is 0 Å². The van der Waals surface area contributed by atoms with Gasteiger partial charge < -0.3 is 0 Å². The Bertz CT molecular complexity index is 2110. The molecule has 0 aliphatic rings. The zero-order valence-corrected chi connectivity index (χ0v) is 26.5. The largest absolute Gasteiger partial charge is 0.114 e. The molecule has 0 unspecified atom stereocenters. The summed E-state index contributed by atoms with van der Waals surface area (Å²) in [5.74, 6) is 0. The Morgan fingerprint density at radius 1 is 0.396 bits per heavy atom. The highest BCUT2D eigenvalue weighted by molar-refractivity contribution is 6.47. The molecule has 6 aromatic carbocycles. The van der Waals surface area contributed by atoms with Gasteiger partial charge in [-0.05, 0) is 61.2 Å². The molecular formula is C42H26B6. The van der Waals surface area contributed by atoms with Crippen molar-refractivity contribution >= 4 is 79.9 Å². The van der Waals surface area contributed by atoms with Crippen molar-refractivity contribution in [2.75, 3.05) is 0 Å². The number of benzene rings is 6. The van der Waals surface area contributed by atoms with E-state index >= 15 is 0 Å². The predicted octanol–water partition coefficient (Wildman–Crippen LogP) is 5.24. The summed E-state index contributed by atoms with van der Waals surface area (Å²) in [6.07, 6.45) is 7.23. The molecule has 0 saturated heterocycles. The molecule has 0 spiro atoms. The van der Waals surface area contributed by atoms with E-state index in [0.717, 1.165) is 55.6 Å². The summed E-state index contributed by atoms with van der Waals surface area (Å²) < 4.78 is 0. The van der Waals surface area contributed by atoms with Crippen molar-refractivity contribution in [2.45, 2.75) is 0 Å². The van der Waals surface area contributed by atoms with Gasteiger partial charge in [-0.15, -0.1) is 0 Å². The second kappa shape index (κ2) is 14.4. The number of hydrogen-bond acceptors (Lipinski definition) is 0. The first-order valence-electron chi connectivity index (χ1n) is 15.6. The predicted molar refractivity (Wildman–Crippen MR) is 214 cm³/mol. The van der Waals surface area contributed by atoms with Crippen molar-refractivity contribution in [2.24, 2.45) is 0 Å². The lowest BCUT2D eigenvalue weighted by atomic mass is 9.66. The third kappa shape index (κ3) is 6.16. The zero-order valence-electron chi connectivity index (χ0n) is 26.5. The van der Waals surface area contributed by atoms with Gasteiger partial charge in [0.15, 0.2) is 0 Å². The normalized spacial score (nSPS) is 11.5. The molecule has 12 radical (unpaired) electrons. The summed E-state index contributed by atoms with van der Waals surface area (Å²) >= 11 is 0. The maximum atomic E-state index is 7.21. The number of hydrogen-bond donors (Lipinski definition) is 0. The summed E-state index contributed by atoms with van der Waals surface area (Å²) in [7, 11) is 41.5. The minimum atomic E-state index is 0.476. The third-order valence-electron chi connectivity index (χ3n) is 8.46. The maximum Gasteiger partial charge on any atom is 0.114 e. The fraction of sp³-hybridized carbons (Fsp3) is 0. The molecule has 6 aromatic rings. The Kier molecular flexibility index (Phi) is 9.83. The number of allylic oxidation sites excluding steroid dienone is 4. The van der Waals surface area contributed by atoms with E-state index in [-0.39, 0.29) is 0 Å². The van der Waals surface area contributed by atoms with Crippen LogP contribution in [-0.2, 0) is 0 Å². The summed E-state index contributed by atoms with van der Waals surface area (Å²) in [6, 6.07) is 38.8. The van der Waals surface area contributed by atoms with E-state index in [4.69, 9.17) is 47.1 Å². The Balaban J connectivity index is 2.06. The average Bonchev–Trinajstić information content (AvgIpc) is 3.09. The van der Waals surface area contributed by atoms with E-state index in [1.807, 2.05) is 140 Å². The fourth-order valence-electron chi connectivity index (χ4n) is 6.33. The van der Waals surface area contributed by atoms with Gasteiger partial charge >= 0.3 is 0 Å². The molecule has 0 saturated carbocycles. The van der Waals surface area contributed by atoms with Crippen LogP contribution in [-0.4, -0.2) is 47.1 Å². The summed E-state index contributed by atoms with van der Waals surface area (Å²) in [5, 5.41) is 0. The van der Waals surface area contributed by atoms with E-state index in [1.165, 1.54) is 0 Å². The van der Waals surface area contributed by atoms with Crippen molar-refractivity contribution in [3.63, 3.8) is 0 Å². The summed E-state index contributed by atoms with van der Waals surface area (Å²) in [4.78, 5) is 0. The quantitative estimate of drug-likeness (QED) is 0.167. The Hall–Kier alpha value is -5.07. The van der Waals surface area contributed by atoms with Crippen LogP contribution in [0.15, 0.2) is 152 Å². The van der Waals surface area contributed by atoms with Gasteiger partial charge in [-0.2, -0.15) is 0 Å². The topological polar surface area (TPSA) is 0 Å². The van der Waals surface area contributed by atoms with Crippen LogP contribution in [0.5, 0.6) is 0 Å². The lowest BCUT2D eigenvalue weighted by Crippen LogP contribution is -2.18. The molecular weight excluding hydrogens is 569 g/mol. The van der Waals surface area contributed by atoms with Crippen molar-refractivity contribution in [1.29, 1.82) is 0 Å². The Morgan fingerprint density at radius 3 is 0.958 bits per heavy atom. The SMILES string of the molecule is [B]/C(=C\C=C/C=C)c1c(-c2ccccc2[B])c(-c2ccccc2[B])c(-c2ccccc2[B])c(-c2ccccc2[B])c1-c1ccccc1[B]. The molecule has 0 atom stereocenters. The molecule has 48 heavy (non-hydrogen) atoms. The molecule has 0 fully saturated rings. The minimum absolute atomic E-state index is 0.476. The smallest absolute Gasteiger partial charge is 0.0991 e. The van der Waals surface area contributed by atoms with Gasteiger partial charge in [-0.1, -0.05) is 185 Å². The third-order valence-corrected chi connectivity index (χ3v) is 8.46. The molecule has 0 aliphatic carbocycles. The van der Waals surface area contributed by atoms with Crippen LogP contribution in [0.25, 0.3) is 61.1 Å². The van der Waals surface area contributed by atoms with E-state index in [2.05, 4.69) is 6.58 Å². The van der Waals surface area contributed by atoms with Gasteiger partial charge in [0.1, 0.15) is 47.1 Å². The first-order valence-corrected chi connectivity index (χ1v) is 15.6. The van der Waals surface area contributed by atoms with Gasteiger partial charge in [0, 0.05) is 0 Å². The molecule has 6 heteroatoms. The van der Waals surface area contributed by atoms with E-state index in [0.29, 0.717) is 38.3 Å². The van der Waals surface area contributed by atoms with E-state index < -0.39 is 0 Å². The molecule has 0 heterocycles. The second-order valence-electron chi connectivity index (χ2n) is 11.4. The highest BCUT2D eigenvalue weighted by Crippen LogP contribution is 2.52. The van der Waals surface area contributed by atoms with Gasteiger partial charge in [0.05, 0.1) is 0 Å². The lowest BCUT2D eigenvalue weighted by molar-refractivity contribution is 1.54. The van der Waals surface area contributed by atoms with Gasteiger partial charge in [0.2, 0.25) is 0 Å².